The summed E-state index contributed by atoms with van der Waals surface area (Å²) in [6, 6.07) is 8.93. The van der Waals surface area contributed by atoms with Crippen molar-refractivity contribution in [1.82, 2.24) is 9.88 Å². The van der Waals surface area contributed by atoms with E-state index in [-0.39, 0.29) is 18.1 Å². The highest BCUT2D eigenvalue weighted by Crippen LogP contribution is 2.26. The number of Topliss-reactive ketones (excluding diaryl/α,β-unsaturated/α-hetero) is 1. The fourth-order valence-corrected chi connectivity index (χ4v) is 3.53. The average molecular weight is 364 g/mol. The minimum absolute atomic E-state index is 0.0412. The van der Waals surface area contributed by atoms with Crippen LogP contribution in [-0.2, 0) is 17.6 Å². The predicted octanol–water partition coefficient (Wildman–Crippen LogP) is 3.24. The van der Waals surface area contributed by atoms with Crippen molar-refractivity contribution >= 4 is 11.7 Å². The largest absolute Gasteiger partial charge is 0.496 e. The van der Waals surface area contributed by atoms with E-state index in [4.69, 9.17) is 4.74 Å². The van der Waals surface area contributed by atoms with E-state index in [1.165, 1.54) is 0 Å². The SMILES string of the molecule is C=CCc1ccc(CC(=O)C2CCCN2C(=O)c2cccnc2)c(OC)c1. The molecule has 1 saturated heterocycles. The first-order chi connectivity index (χ1) is 13.1. The summed E-state index contributed by atoms with van der Waals surface area (Å²) in [6.07, 6.45) is 7.54. The van der Waals surface area contributed by atoms with Crippen LogP contribution in [0.2, 0.25) is 0 Å². The Morgan fingerprint density at radius 3 is 2.93 bits per heavy atom. The second-order valence-corrected chi connectivity index (χ2v) is 6.68. The van der Waals surface area contributed by atoms with Gasteiger partial charge in [0.2, 0.25) is 0 Å². The Balaban J connectivity index is 1.75. The van der Waals surface area contributed by atoms with Gasteiger partial charge < -0.3 is 9.64 Å². The molecule has 1 amide bonds. The number of hydrogen-bond acceptors (Lipinski definition) is 4. The van der Waals surface area contributed by atoms with Crippen LogP contribution in [0.3, 0.4) is 0 Å². The number of hydrogen-bond donors (Lipinski definition) is 0. The molecule has 1 fully saturated rings. The van der Waals surface area contributed by atoms with Crippen LogP contribution in [0.25, 0.3) is 0 Å². The number of aromatic nitrogens is 1. The third-order valence-electron chi connectivity index (χ3n) is 4.89. The molecule has 1 aliphatic rings. The lowest BCUT2D eigenvalue weighted by Crippen LogP contribution is -2.41. The number of amides is 1. The molecular weight excluding hydrogens is 340 g/mol. The number of ether oxygens (including phenoxy) is 1. The fraction of sp³-hybridized carbons (Fsp3) is 0.318. The maximum absolute atomic E-state index is 13.0. The molecule has 2 aromatic rings. The topological polar surface area (TPSA) is 59.5 Å². The van der Waals surface area contributed by atoms with Gasteiger partial charge in [-0.25, -0.2) is 0 Å². The van der Waals surface area contributed by atoms with Crippen LogP contribution in [0.5, 0.6) is 5.75 Å². The van der Waals surface area contributed by atoms with Crippen molar-refractivity contribution in [2.75, 3.05) is 13.7 Å². The number of carbonyl (C=O) groups is 2. The maximum atomic E-state index is 13.0. The Labute approximate surface area is 159 Å². The van der Waals surface area contributed by atoms with Crippen molar-refractivity contribution in [3.63, 3.8) is 0 Å². The Bertz CT molecular complexity index is 833. The average Bonchev–Trinajstić information content (AvgIpc) is 3.19. The Morgan fingerprint density at radius 1 is 1.37 bits per heavy atom. The second kappa shape index (κ2) is 8.62. The van der Waals surface area contributed by atoms with Gasteiger partial charge in [0.05, 0.1) is 18.7 Å². The number of likely N-dealkylation sites (tertiary alicyclic amines) is 1. The van der Waals surface area contributed by atoms with Crippen LogP contribution in [0.4, 0.5) is 0 Å². The molecule has 1 aromatic heterocycles. The Kier molecular flexibility index (Phi) is 6.01. The van der Waals surface area contributed by atoms with Gasteiger partial charge in [-0.1, -0.05) is 18.2 Å². The van der Waals surface area contributed by atoms with E-state index in [1.807, 2.05) is 24.3 Å². The molecule has 0 radical (unpaired) electrons. The van der Waals surface area contributed by atoms with Crippen LogP contribution >= 0.6 is 0 Å². The Hall–Kier alpha value is -2.95. The molecule has 140 valence electrons. The molecule has 3 rings (SSSR count). The first-order valence-electron chi connectivity index (χ1n) is 9.14. The molecule has 1 aliphatic heterocycles. The molecule has 1 aromatic carbocycles. The number of nitrogens with zero attached hydrogens (tertiary/aromatic N) is 2. The van der Waals surface area contributed by atoms with E-state index in [1.54, 1.807) is 36.5 Å². The van der Waals surface area contributed by atoms with E-state index in [0.717, 1.165) is 24.0 Å². The van der Waals surface area contributed by atoms with Crippen LogP contribution in [0, 0.1) is 0 Å². The van der Waals surface area contributed by atoms with Gasteiger partial charge in [0, 0.05) is 30.9 Å². The molecule has 5 heteroatoms. The van der Waals surface area contributed by atoms with E-state index in [0.29, 0.717) is 24.3 Å². The van der Waals surface area contributed by atoms with Crippen molar-refractivity contribution < 1.29 is 14.3 Å². The van der Waals surface area contributed by atoms with Crippen molar-refractivity contribution in [1.29, 1.82) is 0 Å². The first-order valence-corrected chi connectivity index (χ1v) is 9.14. The smallest absolute Gasteiger partial charge is 0.256 e. The van der Waals surface area contributed by atoms with Gasteiger partial charge in [-0.15, -0.1) is 6.58 Å². The number of methoxy groups -OCH3 is 1. The highest BCUT2D eigenvalue weighted by Gasteiger charge is 2.34. The minimum Gasteiger partial charge on any atom is -0.496 e. The molecule has 0 spiro atoms. The number of allylic oxidation sites excluding steroid dienone is 1. The van der Waals surface area contributed by atoms with E-state index >= 15 is 0 Å². The van der Waals surface area contributed by atoms with Crippen molar-refractivity contribution in [2.45, 2.75) is 31.7 Å². The zero-order valence-electron chi connectivity index (χ0n) is 15.6. The summed E-state index contributed by atoms with van der Waals surface area (Å²) in [6.45, 7) is 4.34. The summed E-state index contributed by atoms with van der Waals surface area (Å²) in [5.74, 6) is 0.609. The maximum Gasteiger partial charge on any atom is 0.256 e. The van der Waals surface area contributed by atoms with Gasteiger partial charge in [0.15, 0.2) is 5.78 Å². The second-order valence-electron chi connectivity index (χ2n) is 6.68. The summed E-state index contributed by atoms with van der Waals surface area (Å²) in [4.78, 5) is 31.4. The highest BCUT2D eigenvalue weighted by atomic mass is 16.5. The minimum atomic E-state index is -0.393. The number of carbonyl (C=O) groups excluding carboxylic acids is 2. The van der Waals surface area contributed by atoms with Crippen molar-refractivity contribution in [3.05, 3.63) is 72.1 Å². The molecule has 5 nitrogen and oxygen atoms in total. The van der Waals surface area contributed by atoms with Gasteiger partial charge in [-0.3, -0.25) is 14.6 Å². The molecule has 27 heavy (non-hydrogen) atoms. The van der Waals surface area contributed by atoms with Crippen LogP contribution < -0.4 is 4.74 Å². The quantitative estimate of drug-likeness (QED) is 0.708. The van der Waals surface area contributed by atoms with Gasteiger partial charge in [0.1, 0.15) is 5.75 Å². The number of benzene rings is 1. The third kappa shape index (κ3) is 4.25. The molecule has 0 N–H and O–H groups in total. The summed E-state index contributed by atoms with van der Waals surface area (Å²) < 4.78 is 5.46. The van der Waals surface area contributed by atoms with E-state index in [9.17, 15) is 9.59 Å². The summed E-state index contributed by atoms with van der Waals surface area (Å²) >= 11 is 0. The predicted molar refractivity (Wildman–Crippen MR) is 104 cm³/mol. The molecule has 1 unspecified atom stereocenters. The zero-order chi connectivity index (χ0) is 19.2. The lowest BCUT2D eigenvalue weighted by Gasteiger charge is -2.24. The molecule has 0 aliphatic carbocycles. The first kappa shape index (κ1) is 18.8. The van der Waals surface area contributed by atoms with Gasteiger partial charge in [0.25, 0.3) is 5.91 Å². The zero-order valence-corrected chi connectivity index (χ0v) is 15.6. The van der Waals surface area contributed by atoms with Crippen LogP contribution in [0.15, 0.2) is 55.4 Å². The molecule has 0 bridgehead atoms. The normalized spacial score (nSPS) is 16.2. The Morgan fingerprint density at radius 2 is 2.22 bits per heavy atom. The molecule has 0 saturated carbocycles. The molecule has 2 heterocycles. The van der Waals surface area contributed by atoms with Gasteiger partial charge >= 0.3 is 0 Å². The summed E-state index contributed by atoms with van der Waals surface area (Å²) in [7, 11) is 1.61. The van der Waals surface area contributed by atoms with E-state index < -0.39 is 6.04 Å². The third-order valence-corrected chi connectivity index (χ3v) is 4.89. The van der Waals surface area contributed by atoms with Gasteiger partial charge in [-0.2, -0.15) is 0 Å². The fourth-order valence-electron chi connectivity index (χ4n) is 3.53. The lowest BCUT2D eigenvalue weighted by molar-refractivity contribution is -0.122. The standard InChI is InChI=1S/C22H24N2O3/c1-3-6-16-9-10-17(21(13-16)27-2)14-20(25)19-8-5-12-24(19)22(26)18-7-4-11-23-15-18/h3-4,7,9-11,13,15,19H,1,5-6,8,12,14H2,2H3. The summed E-state index contributed by atoms with van der Waals surface area (Å²) in [5.41, 5.74) is 2.45. The van der Waals surface area contributed by atoms with Crippen LogP contribution in [0.1, 0.15) is 34.3 Å². The molecular formula is C22H24N2O3. The molecule has 1 atom stereocenters. The number of ketones is 1. The monoisotopic (exact) mass is 364 g/mol. The number of rotatable bonds is 7. The summed E-state index contributed by atoms with van der Waals surface area (Å²) in [5, 5.41) is 0. The van der Waals surface area contributed by atoms with Crippen molar-refractivity contribution in [2.24, 2.45) is 0 Å². The van der Waals surface area contributed by atoms with Crippen LogP contribution in [-0.4, -0.2) is 41.3 Å². The highest BCUT2D eigenvalue weighted by molar-refractivity contribution is 5.98. The van der Waals surface area contributed by atoms with E-state index in [2.05, 4.69) is 11.6 Å². The number of pyridine rings is 1. The van der Waals surface area contributed by atoms with Crippen molar-refractivity contribution in [3.8, 4) is 5.75 Å². The van der Waals surface area contributed by atoms with Gasteiger partial charge in [-0.05, 0) is 43.0 Å². The lowest BCUT2D eigenvalue weighted by atomic mass is 9.99.